The molecule has 1 heterocycles. The van der Waals surface area contributed by atoms with Gasteiger partial charge in [-0.05, 0) is 82.5 Å². The highest BCUT2D eigenvalue weighted by Gasteiger charge is 2.20. The van der Waals surface area contributed by atoms with Crippen LogP contribution in [0.3, 0.4) is 0 Å². The topological polar surface area (TPSA) is 44.4 Å². The van der Waals surface area contributed by atoms with Crippen molar-refractivity contribution in [2.75, 3.05) is 38.5 Å². The first kappa shape index (κ1) is 20.2. The Kier molecular flexibility index (Phi) is 8.92. The van der Waals surface area contributed by atoms with Crippen molar-refractivity contribution in [2.24, 2.45) is 5.92 Å². The van der Waals surface area contributed by atoms with E-state index in [1.807, 2.05) is 26.1 Å². The van der Waals surface area contributed by atoms with E-state index < -0.39 is 0 Å². The number of likely N-dealkylation sites (tertiary alicyclic amines) is 1. The predicted molar refractivity (Wildman–Crippen MR) is 99.8 cm³/mol. The predicted octanol–water partition coefficient (Wildman–Crippen LogP) is 3.33. The van der Waals surface area contributed by atoms with Gasteiger partial charge in [0.15, 0.2) is 0 Å². The van der Waals surface area contributed by atoms with Crippen LogP contribution in [0.15, 0.2) is 18.2 Å². The van der Waals surface area contributed by atoms with Crippen LogP contribution in [-0.4, -0.2) is 44.0 Å². The van der Waals surface area contributed by atoms with Gasteiger partial charge >= 0.3 is 0 Å². The number of nitrogens with zero attached hydrogens (tertiary/aromatic N) is 1. The molecular formula is C17H27Cl2N3O. The lowest BCUT2D eigenvalue weighted by molar-refractivity contribution is -0.117. The third-order valence-electron chi connectivity index (χ3n) is 4.34. The SMILES string of the molecule is CNCCC1CCN(CC(=O)Nc2ccc(Cl)cc2C)CC1.Cl. The van der Waals surface area contributed by atoms with Gasteiger partial charge in [0.25, 0.3) is 0 Å². The maximum absolute atomic E-state index is 12.2. The molecule has 4 nitrogen and oxygen atoms in total. The van der Waals surface area contributed by atoms with Crippen molar-refractivity contribution in [1.29, 1.82) is 0 Å². The maximum Gasteiger partial charge on any atom is 0.238 e. The lowest BCUT2D eigenvalue weighted by Gasteiger charge is -2.31. The smallest absolute Gasteiger partial charge is 0.238 e. The van der Waals surface area contributed by atoms with E-state index in [4.69, 9.17) is 11.6 Å². The van der Waals surface area contributed by atoms with Crippen molar-refractivity contribution in [3.8, 4) is 0 Å². The number of amides is 1. The minimum absolute atomic E-state index is 0. The Morgan fingerprint density at radius 2 is 2.04 bits per heavy atom. The second kappa shape index (κ2) is 10.1. The molecular weight excluding hydrogens is 333 g/mol. The van der Waals surface area contributed by atoms with E-state index in [1.54, 1.807) is 6.07 Å². The molecule has 0 bridgehead atoms. The molecule has 1 aliphatic rings. The number of rotatable bonds is 6. The molecule has 130 valence electrons. The van der Waals surface area contributed by atoms with Crippen molar-refractivity contribution in [2.45, 2.75) is 26.2 Å². The monoisotopic (exact) mass is 359 g/mol. The van der Waals surface area contributed by atoms with E-state index in [0.717, 1.165) is 36.8 Å². The molecule has 2 N–H and O–H groups in total. The van der Waals surface area contributed by atoms with Gasteiger partial charge in [0.1, 0.15) is 0 Å². The largest absolute Gasteiger partial charge is 0.325 e. The van der Waals surface area contributed by atoms with Crippen LogP contribution in [-0.2, 0) is 4.79 Å². The molecule has 0 spiro atoms. The van der Waals surface area contributed by atoms with Gasteiger partial charge in [0.2, 0.25) is 5.91 Å². The third kappa shape index (κ3) is 6.68. The average Bonchev–Trinajstić information content (AvgIpc) is 2.49. The van der Waals surface area contributed by atoms with Gasteiger partial charge < -0.3 is 10.6 Å². The quantitative estimate of drug-likeness (QED) is 0.818. The number of piperidine rings is 1. The van der Waals surface area contributed by atoms with E-state index in [-0.39, 0.29) is 18.3 Å². The molecule has 23 heavy (non-hydrogen) atoms. The van der Waals surface area contributed by atoms with Gasteiger partial charge in [-0.2, -0.15) is 0 Å². The highest BCUT2D eigenvalue weighted by atomic mass is 35.5. The van der Waals surface area contributed by atoms with Crippen molar-refractivity contribution in [1.82, 2.24) is 10.2 Å². The molecule has 1 aromatic rings. The number of halogens is 2. The minimum Gasteiger partial charge on any atom is -0.325 e. The van der Waals surface area contributed by atoms with E-state index in [1.165, 1.54) is 19.3 Å². The molecule has 0 aliphatic carbocycles. The number of benzene rings is 1. The zero-order valence-corrected chi connectivity index (χ0v) is 15.5. The van der Waals surface area contributed by atoms with E-state index in [9.17, 15) is 4.79 Å². The van der Waals surface area contributed by atoms with Crippen LogP contribution in [0.5, 0.6) is 0 Å². The highest BCUT2D eigenvalue weighted by molar-refractivity contribution is 6.30. The van der Waals surface area contributed by atoms with Crippen LogP contribution in [0.4, 0.5) is 5.69 Å². The van der Waals surface area contributed by atoms with E-state index >= 15 is 0 Å². The normalized spacial score (nSPS) is 16.0. The van der Waals surface area contributed by atoms with Gasteiger partial charge in [-0.25, -0.2) is 0 Å². The van der Waals surface area contributed by atoms with Gasteiger partial charge in [-0.3, -0.25) is 9.69 Å². The summed E-state index contributed by atoms with van der Waals surface area (Å²) < 4.78 is 0. The molecule has 0 radical (unpaired) electrons. The Morgan fingerprint density at radius 3 is 2.65 bits per heavy atom. The summed E-state index contributed by atoms with van der Waals surface area (Å²) >= 11 is 5.93. The molecule has 1 fully saturated rings. The number of carbonyl (C=O) groups excluding carboxylic acids is 1. The molecule has 1 aliphatic heterocycles. The zero-order chi connectivity index (χ0) is 15.9. The fourth-order valence-electron chi connectivity index (χ4n) is 2.94. The van der Waals surface area contributed by atoms with Crippen LogP contribution in [0, 0.1) is 12.8 Å². The number of aryl methyl sites for hydroxylation is 1. The Hall–Kier alpha value is -0.810. The minimum atomic E-state index is 0. The van der Waals surface area contributed by atoms with Crippen molar-refractivity contribution in [3.63, 3.8) is 0 Å². The lowest BCUT2D eigenvalue weighted by Crippen LogP contribution is -2.39. The van der Waals surface area contributed by atoms with Gasteiger partial charge in [-0.15, -0.1) is 12.4 Å². The van der Waals surface area contributed by atoms with E-state index in [2.05, 4.69) is 15.5 Å². The summed E-state index contributed by atoms with van der Waals surface area (Å²) in [6.45, 7) is 5.54. The Bertz CT molecular complexity index is 503. The van der Waals surface area contributed by atoms with Crippen molar-refractivity contribution in [3.05, 3.63) is 28.8 Å². The summed E-state index contributed by atoms with van der Waals surface area (Å²) in [4.78, 5) is 14.4. The number of hydrogen-bond donors (Lipinski definition) is 2. The summed E-state index contributed by atoms with van der Waals surface area (Å²) in [5, 5.41) is 6.88. The first-order valence-corrected chi connectivity index (χ1v) is 8.39. The standard InChI is InChI=1S/C17H26ClN3O.ClH/c1-13-11-15(18)3-4-16(13)20-17(22)12-21-9-6-14(7-10-21)5-8-19-2;/h3-4,11,14,19H,5-10,12H2,1-2H3,(H,20,22);1H. The van der Waals surface area contributed by atoms with Crippen LogP contribution >= 0.6 is 24.0 Å². The molecule has 0 atom stereocenters. The molecule has 0 aromatic heterocycles. The van der Waals surface area contributed by atoms with Crippen LogP contribution in [0.2, 0.25) is 5.02 Å². The number of hydrogen-bond acceptors (Lipinski definition) is 3. The Morgan fingerprint density at radius 1 is 1.35 bits per heavy atom. The molecule has 1 saturated heterocycles. The molecule has 0 unspecified atom stereocenters. The first-order valence-electron chi connectivity index (χ1n) is 8.01. The molecule has 6 heteroatoms. The van der Waals surface area contributed by atoms with Crippen molar-refractivity contribution < 1.29 is 4.79 Å². The lowest BCUT2D eigenvalue weighted by atomic mass is 9.93. The molecule has 1 amide bonds. The Balaban J connectivity index is 0.00000264. The van der Waals surface area contributed by atoms with Gasteiger partial charge in [-0.1, -0.05) is 11.6 Å². The summed E-state index contributed by atoms with van der Waals surface area (Å²) in [6, 6.07) is 5.53. The first-order chi connectivity index (χ1) is 10.6. The number of anilines is 1. The van der Waals surface area contributed by atoms with E-state index in [0.29, 0.717) is 11.6 Å². The second-order valence-corrected chi connectivity index (χ2v) is 6.56. The fraction of sp³-hybridized carbons (Fsp3) is 0.588. The van der Waals surface area contributed by atoms with Crippen molar-refractivity contribution >= 4 is 35.6 Å². The maximum atomic E-state index is 12.2. The zero-order valence-electron chi connectivity index (χ0n) is 13.9. The average molecular weight is 360 g/mol. The third-order valence-corrected chi connectivity index (χ3v) is 4.57. The van der Waals surface area contributed by atoms with Crippen LogP contribution in [0.1, 0.15) is 24.8 Å². The summed E-state index contributed by atoms with van der Waals surface area (Å²) in [6.07, 6.45) is 3.62. The molecule has 1 aromatic carbocycles. The number of nitrogens with one attached hydrogen (secondary N) is 2. The summed E-state index contributed by atoms with van der Waals surface area (Å²) in [5.41, 5.74) is 1.84. The summed E-state index contributed by atoms with van der Waals surface area (Å²) in [7, 11) is 2.00. The second-order valence-electron chi connectivity index (χ2n) is 6.12. The highest BCUT2D eigenvalue weighted by Crippen LogP contribution is 2.21. The van der Waals surface area contributed by atoms with Gasteiger partial charge in [0.05, 0.1) is 6.54 Å². The van der Waals surface area contributed by atoms with Crippen LogP contribution in [0.25, 0.3) is 0 Å². The summed E-state index contributed by atoms with van der Waals surface area (Å²) in [5.74, 6) is 0.851. The molecule has 2 rings (SSSR count). The number of carbonyl (C=O) groups is 1. The Labute approximate surface area is 150 Å². The van der Waals surface area contributed by atoms with Crippen LogP contribution < -0.4 is 10.6 Å². The molecule has 0 saturated carbocycles. The fourth-order valence-corrected chi connectivity index (χ4v) is 3.17. The van der Waals surface area contributed by atoms with Gasteiger partial charge in [0, 0.05) is 10.7 Å².